The van der Waals surface area contributed by atoms with E-state index < -0.39 is 15.9 Å². The molecule has 0 unspecified atom stereocenters. The van der Waals surface area contributed by atoms with Crippen LogP contribution >= 0.6 is 0 Å². The van der Waals surface area contributed by atoms with Crippen molar-refractivity contribution in [1.29, 1.82) is 0 Å². The Hall–Kier alpha value is -3.32. The van der Waals surface area contributed by atoms with Gasteiger partial charge in [-0.25, -0.2) is 12.7 Å². The van der Waals surface area contributed by atoms with Crippen molar-refractivity contribution in [1.82, 2.24) is 0 Å². The minimum atomic E-state index is -4.07. The monoisotopic (exact) mass is 495 g/mol. The molecule has 0 aliphatic carbocycles. The number of rotatable bonds is 12. The number of amides is 1. The lowest BCUT2D eigenvalue weighted by molar-refractivity contribution is -0.117. The number of methoxy groups -OCH3 is 1. The Balaban J connectivity index is 1.76. The zero-order valence-electron chi connectivity index (χ0n) is 20.6. The highest BCUT2D eigenvalue weighted by atomic mass is 32.2. The Morgan fingerprint density at radius 3 is 2.09 bits per heavy atom. The van der Waals surface area contributed by atoms with Crippen LogP contribution in [-0.2, 0) is 21.2 Å². The van der Waals surface area contributed by atoms with Gasteiger partial charge in [-0.2, -0.15) is 0 Å². The second-order valence-corrected chi connectivity index (χ2v) is 10.2. The van der Waals surface area contributed by atoms with E-state index in [9.17, 15) is 13.2 Å². The average Bonchev–Trinajstić information content (AvgIpc) is 2.87. The number of aryl methyl sites for hydroxylation is 2. The molecule has 0 aliphatic rings. The first-order valence-electron chi connectivity index (χ1n) is 11.9. The van der Waals surface area contributed by atoms with Crippen molar-refractivity contribution in [3.05, 3.63) is 83.9 Å². The first kappa shape index (κ1) is 26.3. The summed E-state index contributed by atoms with van der Waals surface area (Å²) >= 11 is 0. The molecule has 0 saturated heterocycles. The second-order valence-electron chi connectivity index (χ2n) is 8.37. The number of hydrogen-bond donors (Lipinski definition) is 0. The fourth-order valence-electron chi connectivity index (χ4n) is 3.60. The molecule has 0 bridgehead atoms. The maximum atomic E-state index is 13.5. The smallest absolute Gasteiger partial charge is 0.270 e. The van der Waals surface area contributed by atoms with E-state index in [4.69, 9.17) is 9.47 Å². The molecular formula is C28H33NO5S. The second kappa shape index (κ2) is 12.4. The van der Waals surface area contributed by atoms with Crippen LogP contribution in [0.4, 0.5) is 5.69 Å². The minimum absolute atomic E-state index is 0.0266. The summed E-state index contributed by atoms with van der Waals surface area (Å²) in [5.74, 6) is 0.889. The third-order valence-electron chi connectivity index (χ3n) is 5.64. The van der Waals surface area contributed by atoms with Gasteiger partial charge in [0, 0.05) is 6.42 Å². The zero-order valence-corrected chi connectivity index (χ0v) is 21.4. The summed E-state index contributed by atoms with van der Waals surface area (Å²) in [5, 5.41) is 0. The number of sulfonamides is 1. The van der Waals surface area contributed by atoms with Crippen LogP contribution in [0.2, 0.25) is 0 Å². The molecule has 0 spiro atoms. The third-order valence-corrected chi connectivity index (χ3v) is 7.40. The lowest BCUT2D eigenvalue weighted by Gasteiger charge is -2.23. The highest BCUT2D eigenvalue weighted by Crippen LogP contribution is 2.26. The maximum Gasteiger partial charge on any atom is 0.270 e. The molecule has 0 aliphatic heterocycles. The summed E-state index contributed by atoms with van der Waals surface area (Å²) in [5.41, 5.74) is 2.40. The fourth-order valence-corrected chi connectivity index (χ4v) is 5.05. The molecule has 3 rings (SSSR count). The quantitative estimate of drug-likeness (QED) is 0.291. The van der Waals surface area contributed by atoms with Gasteiger partial charge in [-0.1, -0.05) is 43.2 Å². The fraction of sp³-hybridized carbons (Fsp3) is 0.321. The summed E-state index contributed by atoms with van der Waals surface area (Å²) in [6, 6.07) is 20.9. The molecule has 7 heteroatoms. The van der Waals surface area contributed by atoms with Crippen LogP contribution in [0.1, 0.15) is 43.7 Å². The van der Waals surface area contributed by atoms with Gasteiger partial charge in [0.15, 0.2) is 0 Å². The van der Waals surface area contributed by atoms with Crippen molar-refractivity contribution in [3.8, 4) is 11.5 Å². The molecule has 0 atom stereocenters. The molecule has 0 N–H and O–H groups in total. The van der Waals surface area contributed by atoms with E-state index in [1.54, 1.807) is 55.6 Å². The Labute approximate surface area is 208 Å². The molecule has 0 saturated carbocycles. The normalized spacial score (nSPS) is 11.2. The van der Waals surface area contributed by atoms with Crippen molar-refractivity contribution >= 4 is 21.6 Å². The predicted octanol–water partition coefficient (Wildman–Crippen LogP) is 5.93. The summed E-state index contributed by atoms with van der Waals surface area (Å²) < 4.78 is 38.8. The minimum Gasteiger partial charge on any atom is -0.497 e. The van der Waals surface area contributed by atoms with Gasteiger partial charge < -0.3 is 9.47 Å². The van der Waals surface area contributed by atoms with Crippen molar-refractivity contribution in [2.75, 3.05) is 18.0 Å². The number of benzene rings is 3. The van der Waals surface area contributed by atoms with Crippen molar-refractivity contribution in [3.63, 3.8) is 0 Å². The first-order chi connectivity index (χ1) is 16.8. The zero-order chi connectivity index (χ0) is 25.3. The Kier molecular flexibility index (Phi) is 9.32. The Morgan fingerprint density at radius 2 is 1.49 bits per heavy atom. The van der Waals surface area contributed by atoms with Crippen LogP contribution in [0.25, 0.3) is 0 Å². The van der Waals surface area contributed by atoms with E-state index in [1.165, 1.54) is 12.1 Å². The molecule has 1 amide bonds. The van der Waals surface area contributed by atoms with Crippen LogP contribution in [0, 0.1) is 6.92 Å². The van der Waals surface area contributed by atoms with E-state index in [-0.39, 0.29) is 17.9 Å². The topological polar surface area (TPSA) is 72.9 Å². The van der Waals surface area contributed by atoms with Crippen LogP contribution in [0.15, 0.2) is 77.7 Å². The summed E-state index contributed by atoms with van der Waals surface area (Å²) in [6.07, 6.45) is 3.45. The Morgan fingerprint density at radius 1 is 0.857 bits per heavy atom. The van der Waals surface area contributed by atoms with Crippen LogP contribution in [0.5, 0.6) is 11.5 Å². The molecular weight excluding hydrogens is 462 g/mol. The highest BCUT2D eigenvalue weighted by molar-refractivity contribution is 7.93. The van der Waals surface area contributed by atoms with E-state index in [0.29, 0.717) is 17.9 Å². The number of ether oxygens (including phenoxy) is 2. The number of hydrogen-bond acceptors (Lipinski definition) is 5. The van der Waals surface area contributed by atoms with Crippen molar-refractivity contribution < 1.29 is 22.7 Å². The molecule has 3 aromatic carbocycles. The molecule has 0 aromatic heterocycles. The third kappa shape index (κ3) is 7.09. The molecule has 35 heavy (non-hydrogen) atoms. The van der Waals surface area contributed by atoms with Crippen LogP contribution in [-0.4, -0.2) is 28.0 Å². The van der Waals surface area contributed by atoms with Crippen molar-refractivity contribution in [2.45, 2.75) is 50.8 Å². The van der Waals surface area contributed by atoms with Gasteiger partial charge >= 0.3 is 0 Å². The van der Waals surface area contributed by atoms with Gasteiger partial charge in [0.25, 0.3) is 10.0 Å². The van der Waals surface area contributed by atoms with Gasteiger partial charge in [0.05, 0.1) is 24.3 Å². The number of nitrogens with zero attached hydrogens (tertiary/aromatic N) is 1. The average molecular weight is 496 g/mol. The summed E-state index contributed by atoms with van der Waals surface area (Å²) in [7, 11) is -2.47. The lowest BCUT2D eigenvalue weighted by atomic mass is 10.1. The van der Waals surface area contributed by atoms with E-state index in [0.717, 1.165) is 40.4 Å². The van der Waals surface area contributed by atoms with Gasteiger partial charge in [-0.15, -0.1) is 0 Å². The first-order valence-corrected chi connectivity index (χ1v) is 13.3. The van der Waals surface area contributed by atoms with E-state index in [1.807, 2.05) is 19.1 Å². The number of carbonyl (C=O) groups is 1. The highest BCUT2D eigenvalue weighted by Gasteiger charge is 2.30. The largest absolute Gasteiger partial charge is 0.497 e. The van der Waals surface area contributed by atoms with Crippen molar-refractivity contribution in [2.24, 2.45) is 0 Å². The molecule has 0 fully saturated rings. The van der Waals surface area contributed by atoms with Gasteiger partial charge in [-0.05, 0) is 80.3 Å². The maximum absolute atomic E-state index is 13.5. The molecule has 6 nitrogen and oxygen atoms in total. The Bertz CT molecular complexity index is 1190. The summed E-state index contributed by atoms with van der Waals surface area (Å²) in [4.78, 5) is 13.3. The standard InChI is InChI=1S/C28H33NO5S/c1-4-5-7-23-11-13-24(14-12-23)29(35(31,32)27-19-9-22(2)10-20-27)28(30)8-6-21-34-26-17-15-25(33-3)16-18-26/h9-20H,4-8,21H2,1-3H3. The number of anilines is 1. The van der Waals surface area contributed by atoms with E-state index in [2.05, 4.69) is 6.92 Å². The van der Waals surface area contributed by atoms with Gasteiger partial charge in [-0.3, -0.25) is 4.79 Å². The molecule has 3 aromatic rings. The number of unbranched alkanes of at least 4 members (excludes halogenated alkanes) is 1. The molecule has 0 heterocycles. The SMILES string of the molecule is CCCCc1ccc(N(C(=O)CCCOc2ccc(OC)cc2)S(=O)(=O)c2ccc(C)cc2)cc1. The van der Waals surface area contributed by atoms with Gasteiger partial charge in [0.1, 0.15) is 11.5 Å². The lowest BCUT2D eigenvalue weighted by Crippen LogP contribution is -2.37. The summed E-state index contributed by atoms with van der Waals surface area (Å²) in [6.45, 7) is 4.30. The molecule has 186 valence electrons. The van der Waals surface area contributed by atoms with Crippen LogP contribution < -0.4 is 13.8 Å². The molecule has 0 radical (unpaired) electrons. The van der Waals surface area contributed by atoms with E-state index >= 15 is 0 Å². The predicted molar refractivity (Wildman–Crippen MR) is 139 cm³/mol. The van der Waals surface area contributed by atoms with Crippen LogP contribution in [0.3, 0.4) is 0 Å². The van der Waals surface area contributed by atoms with Gasteiger partial charge in [0.2, 0.25) is 5.91 Å². The number of carbonyl (C=O) groups excluding carboxylic acids is 1.